The van der Waals surface area contributed by atoms with Crippen LogP contribution < -0.4 is 10.6 Å². The molecule has 2 aromatic carbocycles. The molecule has 3 nitrogen and oxygen atoms in total. The fourth-order valence-corrected chi connectivity index (χ4v) is 2.75. The van der Waals surface area contributed by atoms with Crippen LogP contribution in [0.1, 0.15) is 0 Å². The summed E-state index contributed by atoms with van der Waals surface area (Å²) < 4.78 is 14.3. The molecule has 1 aromatic heterocycles. The van der Waals surface area contributed by atoms with Crippen molar-refractivity contribution in [3.05, 3.63) is 47.7 Å². The summed E-state index contributed by atoms with van der Waals surface area (Å²) in [5.41, 5.74) is 10.9. The number of nitrogen functional groups attached to an aromatic ring is 1. The van der Waals surface area contributed by atoms with Gasteiger partial charge in [-0.15, -0.1) is 11.3 Å². The Bertz CT molecular complexity index is 738. The molecule has 0 saturated heterocycles. The number of halogens is 1. The van der Waals surface area contributed by atoms with Gasteiger partial charge in [0.05, 0.1) is 21.6 Å². The van der Waals surface area contributed by atoms with Crippen molar-refractivity contribution in [2.75, 3.05) is 17.7 Å². The Labute approximate surface area is 114 Å². The number of benzene rings is 2. The van der Waals surface area contributed by atoms with Crippen LogP contribution >= 0.6 is 11.3 Å². The maximum absolute atomic E-state index is 13.3. The molecule has 3 aromatic rings. The van der Waals surface area contributed by atoms with Crippen LogP contribution in [0.25, 0.3) is 10.2 Å². The zero-order valence-electron chi connectivity index (χ0n) is 10.3. The van der Waals surface area contributed by atoms with Gasteiger partial charge in [0.25, 0.3) is 0 Å². The average molecular weight is 273 g/mol. The second-order valence-corrected chi connectivity index (χ2v) is 5.12. The molecule has 0 saturated carbocycles. The smallest absolute Gasteiger partial charge is 0.125 e. The van der Waals surface area contributed by atoms with Gasteiger partial charge in [-0.3, -0.25) is 0 Å². The van der Waals surface area contributed by atoms with E-state index in [-0.39, 0.29) is 5.82 Å². The molecule has 0 bridgehead atoms. The lowest BCUT2D eigenvalue weighted by Gasteiger charge is -2.21. The molecule has 0 aliphatic carbocycles. The zero-order chi connectivity index (χ0) is 13.4. The van der Waals surface area contributed by atoms with Crippen LogP contribution in [-0.4, -0.2) is 12.0 Å². The predicted octanol–water partition coefficient (Wildman–Crippen LogP) is 3.79. The van der Waals surface area contributed by atoms with E-state index in [2.05, 4.69) is 4.98 Å². The quantitative estimate of drug-likeness (QED) is 0.722. The first-order chi connectivity index (χ1) is 9.16. The third kappa shape index (κ3) is 2.02. The Kier molecular flexibility index (Phi) is 2.83. The van der Waals surface area contributed by atoms with E-state index in [9.17, 15) is 4.39 Å². The second kappa shape index (κ2) is 4.51. The van der Waals surface area contributed by atoms with Crippen molar-refractivity contribution < 1.29 is 4.39 Å². The van der Waals surface area contributed by atoms with Crippen LogP contribution in [0, 0.1) is 5.82 Å². The third-order valence-electron chi connectivity index (χ3n) is 3.08. The van der Waals surface area contributed by atoms with E-state index < -0.39 is 0 Å². The van der Waals surface area contributed by atoms with Crippen molar-refractivity contribution in [2.45, 2.75) is 0 Å². The minimum atomic E-state index is -0.266. The molecule has 0 amide bonds. The predicted molar refractivity (Wildman–Crippen MR) is 78.5 cm³/mol. The maximum atomic E-state index is 13.3. The largest absolute Gasteiger partial charge is 0.395 e. The summed E-state index contributed by atoms with van der Waals surface area (Å²) in [5, 5.41) is 0. The Balaban J connectivity index is 2.11. The number of anilines is 3. The number of rotatable bonds is 2. The first-order valence-electron chi connectivity index (χ1n) is 5.78. The first-order valence-corrected chi connectivity index (χ1v) is 6.66. The lowest BCUT2D eigenvalue weighted by Crippen LogP contribution is -2.11. The van der Waals surface area contributed by atoms with Crippen molar-refractivity contribution in [1.82, 2.24) is 4.98 Å². The van der Waals surface area contributed by atoms with Crippen molar-refractivity contribution in [3.8, 4) is 0 Å². The fourth-order valence-electron chi connectivity index (χ4n) is 2.06. The topological polar surface area (TPSA) is 42.2 Å². The van der Waals surface area contributed by atoms with Gasteiger partial charge in [0.2, 0.25) is 0 Å². The van der Waals surface area contributed by atoms with Crippen molar-refractivity contribution in [3.63, 3.8) is 0 Å². The summed E-state index contributed by atoms with van der Waals surface area (Å²) in [5.74, 6) is -0.266. The molecule has 0 unspecified atom stereocenters. The van der Waals surface area contributed by atoms with Gasteiger partial charge in [-0.1, -0.05) is 6.07 Å². The van der Waals surface area contributed by atoms with E-state index in [0.29, 0.717) is 5.69 Å². The molecular formula is C14H12FN3S. The summed E-state index contributed by atoms with van der Waals surface area (Å²) >= 11 is 1.55. The summed E-state index contributed by atoms with van der Waals surface area (Å²) in [6.07, 6.45) is 0. The highest BCUT2D eigenvalue weighted by atomic mass is 32.1. The lowest BCUT2D eigenvalue weighted by atomic mass is 10.2. The van der Waals surface area contributed by atoms with Crippen LogP contribution in [0.15, 0.2) is 41.9 Å². The molecule has 0 aliphatic heterocycles. The van der Waals surface area contributed by atoms with E-state index in [1.807, 2.05) is 30.1 Å². The average Bonchev–Trinajstić information content (AvgIpc) is 2.88. The van der Waals surface area contributed by atoms with Gasteiger partial charge >= 0.3 is 0 Å². The van der Waals surface area contributed by atoms with Crippen LogP contribution in [-0.2, 0) is 0 Å². The van der Waals surface area contributed by atoms with Gasteiger partial charge in [0, 0.05) is 12.7 Å². The van der Waals surface area contributed by atoms with Gasteiger partial charge in [-0.05, 0) is 30.3 Å². The number of hydrogen-bond acceptors (Lipinski definition) is 4. The SMILES string of the molecule is CN(c1cccc(F)c1)c1ccc2scnc2c1N. The standard InChI is InChI=1S/C14H12FN3S/c1-18(10-4-2-3-9(15)7-10)11-5-6-12-14(13(11)16)17-8-19-12/h2-8H,16H2,1H3. The molecule has 0 fully saturated rings. The molecule has 0 spiro atoms. The molecular weight excluding hydrogens is 261 g/mol. The number of aromatic nitrogens is 1. The number of thiazole rings is 1. The van der Waals surface area contributed by atoms with Gasteiger partial charge < -0.3 is 10.6 Å². The fraction of sp³-hybridized carbons (Fsp3) is 0.0714. The van der Waals surface area contributed by atoms with Gasteiger partial charge in [-0.2, -0.15) is 0 Å². The van der Waals surface area contributed by atoms with E-state index in [4.69, 9.17) is 5.73 Å². The van der Waals surface area contributed by atoms with Crippen LogP contribution in [0.4, 0.5) is 21.5 Å². The molecule has 5 heteroatoms. The maximum Gasteiger partial charge on any atom is 0.125 e. The van der Waals surface area contributed by atoms with Crippen LogP contribution in [0.2, 0.25) is 0 Å². The number of hydrogen-bond donors (Lipinski definition) is 1. The second-order valence-electron chi connectivity index (χ2n) is 4.24. The minimum absolute atomic E-state index is 0.266. The monoisotopic (exact) mass is 273 g/mol. The highest BCUT2D eigenvalue weighted by molar-refractivity contribution is 7.16. The lowest BCUT2D eigenvalue weighted by molar-refractivity contribution is 0.628. The van der Waals surface area contributed by atoms with E-state index in [1.165, 1.54) is 12.1 Å². The summed E-state index contributed by atoms with van der Waals surface area (Å²) in [6.45, 7) is 0. The number of nitrogens with zero attached hydrogens (tertiary/aromatic N) is 2. The van der Waals surface area contributed by atoms with Gasteiger partial charge in [-0.25, -0.2) is 9.37 Å². The highest BCUT2D eigenvalue weighted by Crippen LogP contribution is 2.35. The Hall–Kier alpha value is -2.14. The molecule has 3 rings (SSSR count). The minimum Gasteiger partial charge on any atom is -0.395 e. The Morgan fingerprint density at radius 3 is 2.89 bits per heavy atom. The number of nitrogens with two attached hydrogens (primary N) is 1. The summed E-state index contributed by atoms with van der Waals surface area (Å²) in [4.78, 5) is 6.12. The first kappa shape index (κ1) is 11.9. The van der Waals surface area contributed by atoms with Crippen molar-refractivity contribution in [1.29, 1.82) is 0 Å². The van der Waals surface area contributed by atoms with Crippen molar-refractivity contribution in [2.24, 2.45) is 0 Å². The molecule has 19 heavy (non-hydrogen) atoms. The molecule has 2 N–H and O–H groups in total. The molecule has 0 atom stereocenters. The molecule has 0 radical (unpaired) electrons. The Morgan fingerprint density at radius 2 is 2.11 bits per heavy atom. The van der Waals surface area contributed by atoms with Crippen LogP contribution in [0.5, 0.6) is 0 Å². The van der Waals surface area contributed by atoms with Gasteiger partial charge in [0.15, 0.2) is 0 Å². The Morgan fingerprint density at radius 1 is 1.26 bits per heavy atom. The van der Waals surface area contributed by atoms with Gasteiger partial charge in [0.1, 0.15) is 11.3 Å². The summed E-state index contributed by atoms with van der Waals surface area (Å²) in [7, 11) is 1.86. The van der Waals surface area contributed by atoms with E-state index in [0.717, 1.165) is 21.6 Å². The van der Waals surface area contributed by atoms with E-state index >= 15 is 0 Å². The third-order valence-corrected chi connectivity index (χ3v) is 3.87. The van der Waals surface area contributed by atoms with E-state index in [1.54, 1.807) is 22.9 Å². The van der Waals surface area contributed by atoms with Crippen molar-refractivity contribution >= 4 is 38.6 Å². The molecule has 96 valence electrons. The summed E-state index contributed by atoms with van der Waals surface area (Å²) in [6, 6.07) is 10.3. The molecule has 0 aliphatic rings. The zero-order valence-corrected chi connectivity index (χ0v) is 11.1. The number of fused-ring (bicyclic) bond motifs is 1. The highest BCUT2D eigenvalue weighted by Gasteiger charge is 2.12. The molecule has 1 heterocycles. The van der Waals surface area contributed by atoms with Crippen LogP contribution in [0.3, 0.4) is 0 Å². The normalized spacial score (nSPS) is 10.8.